The SMILES string of the molecule is CCNCc1ccccc1N1CCN2CCCCC2C1. The molecule has 0 bridgehead atoms. The molecule has 20 heavy (non-hydrogen) atoms. The van der Waals surface area contributed by atoms with Crippen LogP contribution in [0.15, 0.2) is 24.3 Å². The van der Waals surface area contributed by atoms with E-state index in [1.807, 2.05) is 0 Å². The van der Waals surface area contributed by atoms with Gasteiger partial charge in [-0.25, -0.2) is 0 Å². The van der Waals surface area contributed by atoms with E-state index in [0.29, 0.717) is 0 Å². The van der Waals surface area contributed by atoms with Crippen molar-refractivity contribution in [3.63, 3.8) is 0 Å². The molecule has 0 radical (unpaired) electrons. The Labute approximate surface area is 123 Å². The van der Waals surface area contributed by atoms with E-state index in [1.165, 1.54) is 56.7 Å². The third-order valence-electron chi connectivity index (χ3n) is 4.74. The van der Waals surface area contributed by atoms with Gasteiger partial charge in [0.15, 0.2) is 0 Å². The van der Waals surface area contributed by atoms with Crippen molar-refractivity contribution in [2.45, 2.75) is 38.8 Å². The Kier molecular flexibility index (Phi) is 4.58. The number of para-hydroxylation sites is 1. The number of piperidine rings is 1. The predicted molar refractivity (Wildman–Crippen MR) is 85.2 cm³/mol. The van der Waals surface area contributed by atoms with Crippen LogP contribution in [0.4, 0.5) is 5.69 Å². The minimum atomic E-state index is 0.782. The molecule has 2 saturated heterocycles. The Morgan fingerprint density at radius 1 is 1.15 bits per heavy atom. The number of nitrogens with zero attached hydrogens (tertiary/aromatic N) is 2. The highest BCUT2D eigenvalue weighted by atomic mass is 15.3. The maximum absolute atomic E-state index is 3.46. The first-order valence-electron chi connectivity index (χ1n) is 8.16. The molecule has 0 aliphatic carbocycles. The van der Waals surface area contributed by atoms with Gasteiger partial charge in [0, 0.05) is 37.9 Å². The van der Waals surface area contributed by atoms with Gasteiger partial charge < -0.3 is 10.2 Å². The van der Waals surface area contributed by atoms with Crippen LogP contribution in [0.3, 0.4) is 0 Å². The van der Waals surface area contributed by atoms with Crippen molar-refractivity contribution < 1.29 is 0 Å². The number of nitrogens with one attached hydrogen (secondary N) is 1. The van der Waals surface area contributed by atoms with Crippen molar-refractivity contribution in [3.05, 3.63) is 29.8 Å². The Balaban J connectivity index is 1.72. The van der Waals surface area contributed by atoms with E-state index in [2.05, 4.69) is 46.3 Å². The third kappa shape index (κ3) is 2.99. The number of benzene rings is 1. The predicted octanol–water partition coefficient (Wildman–Crippen LogP) is 2.47. The van der Waals surface area contributed by atoms with Gasteiger partial charge in [-0.15, -0.1) is 0 Å². The lowest BCUT2D eigenvalue weighted by atomic mass is 9.98. The maximum Gasteiger partial charge on any atom is 0.0412 e. The Hall–Kier alpha value is -1.06. The highest BCUT2D eigenvalue weighted by Crippen LogP contribution is 2.27. The molecule has 0 aromatic heterocycles. The van der Waals surface area contributed by atoms with E-state index in [9.17, 15) is 0 Å². The summed E-state index contributed by atoms with van der Waals surface area (Å²) in [5.74, 6) is 0. The van der Waals surface area contributed by atoms with Gasteiger partial charge in [-0.1, -0.05) is 31.5 Å². The summed E-state index contributed by atoms with van der Waals surface area (Å²) in [7, 11) is 0. The number of anilines is 1. The van der Waals surface area contributed by atoms with Crippen LogP contribution in [0.5, 0.6) is 0 Å². The van der Waals surface area contributed by atoms with Gasteiger partial charge in [-0.3, -0.25) is 4.90 Å². The fraction of sp³-hybridized carbons (Fsp3) is 0.647. The van der Waals surface area contributed by atoms with Crippen molar-refractivity contribution in [1.29, 1.82) is 0 Å². The quantitative estimate of drug-likeness (QED) is 0.909. The summed E-state index contributed by atoms with van der Waals surface area (Å²) >= 11 is 0. The van der Waals surface area contributed by atoms with Crippen molar-refractivity contribution in [3.8, 4) is 0 Å². The van der Waals surface area contributed by atoms with Crippen LogP contribution in [0, 0.1) is 0 Å². The summed E-state index contributed by atoms with van der Waals surface area (Å²) in [6.45, 7) is 9.13. The molecule has 1 N–H and O–H groups in total. The highest BCUT2D eigenvalue weighted by Gasteiger charge is 2.29. The van der Waals surface area contributed by atoms with Gasteiger partial charge in [0.1, 0.15) is 0 Å². The fourth-order valence-electron chi connectivity index (χ4n) is 3.60. The lowest BCUT2D eigenvalue weighted by Crippen LogP contribution is -2.55. The van der Waals surface area contributed by atoms with Gasteiger partial charge in [-0.05, 0) is 37.6 Å². The number of hydrogen-bond donors (Lipinski definition) is 1. The van der Waals surface area contributed by atoms with Crippen LogP contribution in [-0.2, 0) is 6.54 Å². The average Bonchev–Trinajstić information content (AvgIpc) is 2.53. The molecule has 1 unspecified atom stereocenters. The van der Waals surface area contributed by atoms with Gasteiger partial charge >= 0.3 is 0 Å². The summed E-state index contributed by atoms with van der Waals surface area (Å²) in [5.41, 5.74) is 2.89. The van der Waals surface area contributed by atoms with E-state index in [-0.39, 0.29) is 0 Å². The molecule has 2 aliphatic heterocycles. The largest absolute Gasteiger partial charge is 0.368 e. The topological polar surface area (TPSA) is 18.5 Å². The highest BCUT2D eigenvalue weighted by molar-refractivity contribution is 5.54. The van der Waals surface area contributed by atoms with E-state index >= 15 is 0 Å². The van der Waals surface area contributed by atoms with Crippen LogP contribution < -0.4 is 10.2 Å². The smallest absolute Gasteiger partial charge is 0.0412 e. The van der Waals surface area contributed by atoms with Crippen LogP contribution in [0.25, 0.3) is 0 Å². The number of fused-ring (bicyclic) bond motifs is 1. The van der Waals surface area contributed by atoms with Crippen molar-refractivity contribution in [1.82, 2.24) is 10.2 Å². The molecule has 1 aromatic carbocycles. The second-order valence-electron chi connectivity index (χ2n) is 6.04. The fourth-order valence-corrected chi connectivity index (χ4v) is 3.60. The Morgan fingerprint density at radius 2 is 2.05 bits per heavy atom. The lowest BCUT2D eigenvalue weighted by molar-refractivity contribution is 0.133. The van der Waals surface area contributed by atoms with Crippen molar-refractivity contribution in [2.24, 2.45) is 0 Å². The van der Waals surface area contributed by atoms with Crippen LogP contribution in [-0.4, -0.2) is 43.7 Å². The average molecular weight is 273 g/mol. The summed E-state index contributed by atoms with van der Waals surface area (Å²) < 4.78 is 0. The minimum absolute atomic E-state index is 0.782. The standard InChI is InChI=1S/C17H27N3/c1-2-18-13-15-7-3-4-9-17(15)20-12-11-19-10-6-5-8-16(19)14-20/h3-4,7,9,16,18H,2,5-6,8,10-14H2,1H3. The summed E-state index contributed by atoms with van der Waals surface area (Å²) in [5, 5.41) is 3.46. The molecule has 110 valence electrons. The molecule has 0 saturated carbocycles. The van der Waals surface area contributed by atoms with Gasteiger partial charge in [-0.2, -0.15) is 0 Å². The van der Waals surface area contributed by atoms with Crippen molar-refractivity contribution in [2.75, 3.05) is 37.6 Å². The monoisotopic (exact) mass is 273 g/mol. The van der Waals surface area contributed by atoms with Gasteiger partial charge in [0.2, 0.25) is 0 Å². The first-order chi connectivity index (χ1) is 9.88. The molecule has 3 nitrogen and oxygen atoms in total. The van der Waals surface area contributed by atoms with E-state index in [1.54, 1.807) is 0 Å². The minimum Gasteiger partial charge on any atom is -0.368 e. The Morgan fingerprint density at radius 3 is 2.95 bits per heavy atom. The number of hydrogen-bond acceptors (Lipinski definition) is 3. The Bertz CT molecular complexity index is 432. The molecule has 2 fully saturated rings. The third-order valence-corrected chi connectivity index (χ3v) is 4.74. The number of piperazine rings is 1. The summed E-state index contributed by atoms with van der Waals surface area (Å²) in [6, 6.07) is 9.69. The molecular formula is C17H27N3. The molecular weight excluding hydrogens is 246 g/mol. The summed E-state index contributed by atoms with van der Waals surface area (Å²) in [4.78, 5) is 5.31. The van der Waals surface area contributed by atoms with Gasteiger partial charge in [0.05, 0.1) is 0 Å². The van der Waals surface area contributed by atoms with Crippen LogP contribution in [0.2, 0.25) is 0 Å². The summed E-state index contributed by atoms with van der Waals surface area (Å²) in [6.07, 6.45) is 4.19. The van der Waals surface area contributed by atoms with E-state index < -0.39 is 0 Å². The molecule has 2 aliphatic rings. The van der Waals surface area contributed by atoms with Crippen molar-refractivity contribution >= 4 is 5.69 Å². The van der Waals surface area contributed by atoms with Crippen LogP contribution >= 0.6 is 0 Å². The van der Waals surface area contributed by atoms with E-state index in [0.717, 1.165) is 19.1 Å². The zero-order valence-electron chi connectivity index (χ0n) is 12.6. The van der Waals surface area contributed by atoms with E-state index in [4.69, 9.17) is 0 Å². The lowest BCUT2D eigenvalue weighted by Gasteiger charge is -2.45. The molecule has 2 heterocycles. The molecule has 1 atom stereocenters. The second kappa shape index (κ2) is 6.59. The number of rotatable bonds is 4. The normalized spacial score (nSPS) is 23.6. The second-order valence-corrected chi connectivity index (χ2v) is 6.04. The molecule has 3 rings (SSSR count). The molecule has 1 aromatic rings. The molecule has 0 spiro atoms. The first-order valence-corrected chi connectivity index (χ1v) is 8.16. The van der Waals surface area contributed by atoms with Crippen LogP contribution in [0.1, 0.15) is 31.7 Å². The molecule has 3 heteroatoms. The zero-order valence-corrected chi connectivity index (χ0v) is 12.6. The van der Waals surface area contributed by atoms with Gasteiger partial charge in [0.25, 0.3) is 0 Å². The first kappa shape index (κ1) is 13.9. The molecule has 0 amide bonds. The zero-order chi connectivity index (χ0) is 13.8. The maximum atomic E-state index is 3.46.